The maximum atomic E-state index is 14.6. The Hall–Kier alpha value is -2.20. The van der Waals surface area contributed by atoms with Gasteiger partial charge in [0.05, 0.1) is 5.41 Å². The topological polar surface area (TPSA) is 52.3 Å². The number of carbonyl (C=O) groups excluding carboxylic acids is 1. The molecule has 1 aromatic rings. The first-order valence-corrected chi connectivity index (χ1v) is 19.3. The van der Waals surface area contributed by atoms with Crippen LogP contribution < -0.4 is 5.73 Å². The second-order valence-corrected chi connectivity index (χ2v) is 18.9. The van der Waals surface area contributed by atoms with Crippen LogP contribution in [0.3, 0.4) is 0 Å². The minimum absolute atomic E-state index is 0.00531. The van der Waals surface area contributed by atoms with E-state index in [4.69, 9.17) is 10.5 Å². The molecule has 10 atom stereocenters. The molecule has 3 nitrogen and oxygen atoms in total. The van der Waals surface area contributed by atoms with E-state index in [0.717, 1.165) is 18.4 Å². The molecule has 6 aliphatic rings. The van der Waals surface area contributed by atoms with Crippen LogP contribution in [-0.2, 0) is 16.1 Å². The van der Waals surface area contributed by atoms with E-state index >= 15 is 0 Å². The summed E-state index contributed by atoms with van der Waals surface area (Å²) >= 11 is 0. The highest BCUT2D eigenvalue weighted by Crippen LogP contribution is 2.76. The molecule has 0 aliphatic heterocycles. The van der Waals surface area contributed by atoms with Crippen molar-refractivity contribution in [2.24, 2.45) is 62.4 Å². The number of ether oxygens (including phenoxy) is 1. The van der Waals surface area contributed by atoms with E-state index in [1.54, 1.807) is 0 Å². The Morgan fingerprint density at radius 1 is 0.896 bits per heavy atom. The summed E-state index contributed by atoms with van der Waals surface area (Å²) in [7, 11) is 0. The molecule has 0 heterocycles. The van der Waals surface area contributed by atoms with Crippen molar-refractivity contribution in [1.82, 2.24) is 0 Å². The summed E-state index contributed by atoms with van der Waals surface area (Å²) in [5, 5.41) is 0. The third-order valence-electron chi connectivity index (χ3n) is 16.6. The molecule has 4 saturated carbocycles. The van der Waals surface area contributed by atoms with Gasteiger partial charge >= 0.3 is 5.97 Å². The van der Waals surface area contributed by atoms with Crippen LogP contribution in [0.5, 0.6) is 0 Å². The number of rotatable bonds is 6. The molecular formula is C44H62FNO2. The number of hydrogen-bond donors (Lipinski definition) is 1. The van der Waals surface area contributed by atoms with Crippen LogP contribution in [-0.4, -0.2) is 18.2 Å². The summed E-state index contributed by atoms with van der Waals surface area (Å²) in [6.07, 6.45) is 17.5. The molecule has 3 unspecified atom stereocenters. The summed E-state index contributed by atoms with van der Waals surface area (Å²) < 4.78 is 20.3. The van der Waals surface area contributed by atoms with Crippen molar-refractivity contribution in [2.75, 3.05) is 6.67 Å². The highest BCUT2D eigenvalue weighted by molar-refractivity contribution is 5.78. The highest BCUT2D eigenvalue weighted by Gasteiger charge is 2.70. The fraction of sp³-hybridized carbons (Fsp3) is 0.705. The molecule has 0 bridgehead atoms. The molecule has 0 saturated heterocycles. The number of carbonyl (C=O) groups is 1. The maximum Gasteiger partial charge on any atom is 0.315 e. The van der Waals surface area contributed by atoms with Crippen molar-refractivity contribution < 1.29 is 13.9 Å². The van der Waals surface area contributed by atoms with Crippen LogP contribution in [0.1, 0.15) is 124 Å². The number of halogens is 1. The van der Waals surface area contributed by atoms with Crippen LogP contribution in [0.2, 0.25) is 0 Å². The second kappa shape index (κ2) is 11.7. The van der Waals surface area contributed by atoms with E-state index in [1.165, 1.54) is 68.1 Å². The standard InChI is InChI=1S/C44H62FNO2/c1-29(2)32-17-24-44(46)26-25-41(6)34(37(32)44)13-14-36-40(5)20-18-33(39(3,4)35(40)19-21-42(36,41)7)31-15-22-43(28-45,23-16-31)38(47)48-27-30-11-9-8-10-12-30/h8-12,15,18,32,34-37H,1,13-14,16-17,19-28,46H2,2-7H3/t32?,34-,35-,36?,37?,40+,41-,42-,43+,44+/m1/s1. The minimum Gasteiger partial charge on any atom is -0.460 e. The average molecular weight is 656 g/mol. The Bertz CT molecular complexity index is 1510. The molecule has 4 heteroatoms. The van der Waals surface area contributed by atoms with Crippen LogP contribution in [0.15, 0.2) is 65.8 Å². The second-order valence-electron chi connectivity index (χ2n) is 18.9. The smallest absolute Gasteiger partial charge is 0.315 e. The summed E-state index contributed by atoms with van der Waals surface area (Å²) in [6.45, 7) is 19.3. The Morgan fingerprint density at radius 3 is 2.31 bits per heavy atom. The summed E-state index contributed by atoms with van der Waals surface area (Å²) in [5.74, 6) is 2.74. The van der Waals surface area contributed by atoms with Gasteiger partial charge in [-0.2, -0.15) is 0 Å². The molecular weight excluding hydrogens is 593 g/mol. The van der Waals surface area contributed by atoms with Gasteiger partial charge in [-0.3, -0.25) is 4.79 Å². The van der Waals surface area contributed by atoms with Crippen LogP contribution >= 0.6 is 0 Å². The third-order valence-corrected chi connectivity index (χ3v) is 16.6. The van der Waals surface area contributed by atoms with Gasteiger partial charge in [0, 0.05) is 5.54 Å². The van der Waals surface area contributed by atoms with E-state index in [1.807, 2.05) is 30.3 Å². The quantitative estimate of drug-likeness (QED) is 0.245. The van der Waals surface area contributed by atoms with Gasteiger partial charge < -0.3 is 10.5 Å². The predicted molar refractivity (Wildman–Crippen MR) is 194 cm³/mol. The van der Waals surface area contributed by atoms with E-state index < -0.39 is 18.1 Å². The fourth-order valence-corrected chi connectivity index (χ4v) is 13.7. The number of hydrogen-bond acceptors (Lipinski definition) is 3. The van der Waals surface area contributed by atoms with Crippen molar-refractivity contribution in [1.29, 1.82) is 0 Å². The first kappa shape index (κ1) is 34.3. The number of fused-ring (bicyclic) bond motifs is 7. The largest absolute Gasteiger partial charge is 0.460 e. The van der Waals surface area contributed by atoms with Crippen molar-refractivity contribution >= 4 is 5.97 Å². The molecule has 0 spiro atoms. The lowest BCUT2D eigenvalue weighted by Gasteiger charge is -2.72. The third kappa shape index (κ3) is 4.84. The van der Waals surface area contributed by atoms with E-state index in [2.05, 4.69) is 60.3 Å². The van der Waals surface area contributed by atoms with Crippen molar-refractivity contribution in [3.8, 4) is 0 Å². The summed E-state index contributed by atoms with van der Waals surface area (Å²) in [4.78, 5) is 13.3. The molecule has 0 amide bonds. The van der Waals surface area contributed by atoms with Crippen LogP contribution in [0.4, 0.5) is 4.39 Å². The first-order valence-electron chi connectivity index (χ1n) is 19.3. The Kier molecular flexibility index (Phi) is 8.33. The van der Waals surface area contributed by atoms with Gasteiger partial charge in [0.2, 0.25) is 0 Å². The van der Waals surface area contributed by atoms with Gasteiger partial charge in [-0.25, -0.2) is 4.39 Å². The Morgan fingerprint density at radius 2 is 1.65 bits per heavy atom. The van der Waals surface area contributed by atoms with Gasteiger partial charge in [0.25, 0.3) is 0 Å². The molecule has 0 radical (unpaired) electrons. The van der Waals surface area contributed by atoms with Crippen molar-refractivity contribution in [3.63, 3.8) is 0 Å². The zero-order chi connectivity index (χ0) is 34.3. The molecule has 6 aliphatic carbocycles. The predicted octanol–water partition coefficient (Wildman–Crippen LogP) is 10.7. The molecule has 2 N–H and O–H groups in total. The van der Waals surface area contributed by atoms with Gasteiger partial charge in [0.15, 0.2) is 0 Å². The Balaban J connectivity index is 1.12. The first-order chi connectivity index (χ1) is 22.7. The van der Waals surface area contributed by atoms with E-state index in [-0.39, 0.29) is 23.0 Å². The Labute approximate surface area is 290 Å². The maximum absolute atomic E-state index is 14.6. The molecule has 262 valence electrons. The number of alkyl halides is 1. The van der Waals surface area contributed by atoms with E-state index in [0.29, 0.717) is 53.3 Å². The number of benzene rings is 1. The molecule has 4 fully saturated rings. The SMILES string of the molecule is C=C(C)C1CC[C@]2(N)CC[C@]3(C)[C@H](CCC4[C@@]5(C)CC=C(C6=CC[C@](CF)(C(=O)OCc7ccccc7)CC6)C(C)(C)[C@H]5CC[C@]43C)C12. The zero-order valence-electron chi connectivity index (χ0n) is 30.8. The monoisotopic (exact) mass is 655 g/mol. The molecule has 48 heavy (non-hydrogen) atoms. The fourth-order valence-electron chi connectivity index (χ4n) is 13.7. The number of nitrogens with two attached hydrogens (primary N) is 1. The molecule has 1 aromatic carbocycles. The normalized spacial score (nSPS) is 44.6. The van der Waals surface area contributed by atoms with Gasteiger partial charge in [-0.05, 0) is 152 Å². The lowest BCUT2D eigenvalue weighted by atomic mass is 9.33. The van der Waals surface area contributed by atoms with Crippen LogP contribution in [0, 0.1) is 56.7 Å². The zero-order valence-corrected chi connectivity index (χ0v) is 30.8. The van der Waals surface area contributed by atoms with Crippen molar-refractivity contribution in [2.45, 2.75) is 131 Å². The van der Waals surface area contributed by atoms with Gasteiger partial charge in [-0.15, -0.1) is 0 Å². The number of esters is 1. The van der Waals surface area contributed by atoms with E-state index in [9.17, 15) is 9.18 Å². The minimum atomic E-state index is -1.07. The number of allylic oxidation sites excluding steroid dienone is 5. The average Bonchev–Trinajstić information content (AvgIpc) is 3.42. The molecule has 0 aromatic heterocycles. The lowest BCUT2D eigenvalue weighted by Crippen LogP contribution is -2.67. The summed E-state index contributed by atoms with van der Waals surface area (Å²) in [5.41, 5.74) is 12.2. The summed E-state index contributed by atoms with van der Waals surface area (Å²) in [6, 6.07) is 9.68. The van der Waals surface area contributed by atoms with Gasteiger partial charge in [0.1, 0.15) is 13.3 Å². The molecule has 7 rings (SSSR count). The lowest BCUT2D eigenvalue weighted by molar-refractivity contribution is -0.219. The van der Waals surface area contributed by atoms with Gasteiger partial charge in [-0.1, -0.05) is 89.3 Å². The van der Waals surface area contributed by atoms with Crippen molar-refractivity contribution in [3.05, 3.63) is 71.3 Å². The highest BCUT2D eigenvalue weighted by atomic mass is 19.1. The van der Waals surface area contributed by atoms with Crippen LogP contribution in [0.25, 0.3) is 0 Å².